The average molecular weight is 377 g/mol. The number of hydrogen-bond acceptors (Lipinski definition) is 4. The van der Waals surface area contributed by atoms with Crippen LogP contribution in [0, 0.1) is 0 Å². The lowest BCUT2D eigenvalue weighted by atomic mass is 10.2. The fraction of sp³-hybridized carbons (Fsp3) is 0.143. The predicted octanol–water partition coefficient (Wildman–Crippen LogP) is 4.09. The Hall–Kier alpha value is -3.12. The van der Waals surface area contributed by atoms with E-state index in [1.807, 2.05) is 70.6 Å². The minimum absolute atomic E-state index is 0.0456. The maximum atomic E-state index is 12.6. The number of nitrogens with zero attached hydrogens (tertiary/aromatic N) is 2. The fourth-order valence-electron chi connectivity index (χ4n) is 3.02. The van der Waals surface area contributed by atoms with E-state index in [2.05, 4.69) is 5.32 Å². The van der Waals surface area contributed by atoms with Crippen molar-refractivity contribution in [3.8, 4) is 17.1 Å². The molecule has 4 aromatic rings. The third kappa shape index (κ3) is 3.71. The number of amides is 1. The summed E-state index contributed by atoms with van der Waals surface area (Å²) in [4.78, 5) is 18.5. The van der Waals surface area contributed by atoms with Crippen molar-refractivity contribution < 1.29 is 9.53 Å². The molecule has 0 aliphatic heterocycles. The van der Waals surface area contributed by atoms with Gasteiger partial charge in [-0.05, 0) is 35.7 Å². The highest BCUT2D eigenvalue weighted by atomic mass is 32.1. The van der Waals surface area contributed by atoms with Crippen LogP contribution < -0.4 is 10.1 Å². The van der Waals surface area contributed by atoms with E-state index in [-0.39, 0.29) is 12.5 Å². The van der Waals surface area contributed by atoms with Gasteiger partial charge in [0.1, 0.15) is 18.1 Å². The maximum Gasteiger partial charge on any atom is 0.240 e. The predicted molar refractivity (Wildman–Crippen MR) is 108 cm³/mol. The van der Waals surface area contributed by atoms with Crippen molar-refractivity contribution in [2.75, 3.05) is 7.11 Å². The Morgan fingerprint density at radius 3 is 2.85 bits per heavy atom. The van der Waals surface area contributed by atoms with Gasteiger partial charge in [-0.25, -0.2) is 4.98 Å². The van der Waals surface area contributed by atoms with Gasteiger partial charge in [0.25, 0.3) is 0 Å². The fourth-order valence-corrected chi connectivity index (χ4v) is 3.66. The summed E-state index contributed by atoms with van der Waals surface area (Å²) >= 11 is 1.63. The summed E-state index contributed by atoms with van der Waals surface area (Å²) in [6.07, 6.45) is 0. The van der Waals surface area contributed by atoms with Gasteiger partial charge in [0.05, 0.1) is 24.7 Å². The van der Waals surface area contributed by atoms with Crippen molar-refractivity contribution in [1.29, 1.82) is 0 Å². The second-order valence-electron chi connectivity index (χ2n) is 6.10. The van der Waals surface area contributed by atoms with Crippen LogP contribution in [0.3, 0.4) is 0 Å². The van der Waals surface area contributed by atoms with E-state index in [9.17, 15) is 4.79 Å². The first-order valence-electron chi connectivity index (χ1n) is 8.63. The molecular weight excluding hydrogens is 358 g/mol. The number of imidazole rings is 1. The van der Waals surface area contributed by atoms with Gasteiger partial charge in [-0.3, -0.25) is 4.79 Å². The van der Waals surface area contributed by atoms with Gasteiger partial charge < -0.3 is 14.6 Å². The van der Waals surface area contributed by atoms with E-state index >= 15 is 0 Å². The molecule has 2 aromatic carbocycles. The number of carbonyl (C=O) groups excluding carboxylic acids is 1. The van der Waals surface area contributed by atoms with Crippen LogP contribution in [0.15, 0.2) is 66.0 Å². The largest absolute Gasteiger partial charge is 0.497 e. The molecule has 0 saturated heterocycles. The van der Waals surface area contributed by atoms with Gasteiger partial charge in [0, 0.05) is 10.4 Å². The molecule has 2 aromatic heterocycles. The second-order valence-corrected chi connectivity index (χ2v) is 7.13. The zero-order chi connectivity index (χ0) is 18.6. The molecule has 5 nitrogen and oxygen atoms in total. The van der Waals surface area contributed by atoms with Crippen molar-refractivity contribution in [3.63, 3.8) is 0 Å². The summed E-state index contributed by atoms with van der Waals surface area (Å²) in [6, 6.07) is 19.6. The Morgan fingerprint density at radius 1 is 1.15 bits per heavy atom. The van der Waals surface area contributed by atoms with E-state index in [0.717, 1.165) is 33.0 Å². The van der Waals surface area contributed by atoms with Gasteiger partial charge in [0.2, 0.25) is 5.91 Å². The number of nitrogens with one attached hydrogen (secondary N) is 1. The number of methoxy groups -OCH3 is 1. The summed E-state index contributed by atoms with van der Waals surface area (Å²) in [7, 11) is 1.64. The van der Waals surface area contributed by atoms with Crippen molar-refractivity contribution in [3.05, 3.63) is 70.9 Å². The molecule has 1 N–H and O–H groups in total. The lowest BCUT2D eigenvalue weighted by Gasteiger charge is -2.10. The van der Waals surface area contributed by atoms with Gasteiger partial charge >= 0.3 is 0 Å². The first-order chi connectivity index (χ1) is 13.2. The number of carbonyl (C=O) groups is 1. The van der Waals surface area contributed by atoms with Gasteiger partial charge in [-0.1, -0.05) is 30.3 Å². The highest BCUT2D eigenvalue weighted by molar-refractivity contribution is 7.09. The quantitative estimate of drug-likeness (QED) is 0.551. The van der Waals surface area contributed by atoms with Crippen molar-refractivity contribution in [2.24, 2.45) is 0 Å². The molecule has 0 radical (unpaired) electrons. The van der Waals surface area contributed by atoms with Crippen LogP contribution in [0.1, 0.15) is 4.88 Å². The van der Waals surface area contributed by atoms with Gasteiger partial charge in [-0.2, -0.15) is 0 Å². The summed E-state index contributed by atoms with van der Waals surface area (Å²) in [5, 5.41) is 4.99. The Morgan fingerprint density at radius 2 is 2.04 bits per heavy atom. The third-order valence-corrected chi connectivity index (χ3v) is 5.20. The standard InChI is InChI=1S/C21H19N3O2S/c1-26-16-7-4-6-15(12-16)21-23-18-9-2-3-10-19(18)24(21)14-20(25)22-13-17-8-5-11-27-17/h2-12H,13-14H2,1H3,(H,22,25). The summed E-state index contributed by atoms with van der Waals surface area (Å²) < 4.78 is 7.29. The molecular formula is C21H19N3O2S. The smallest absolute Gasteiger partial charge is 0.240 e. The molecule has 4 rings (SSSR count). The molecule has 0 saturated carbocycles. The van der Waals surface area contributed by atoms with E-state index in [0.29, 0.717) is 6.54 Å². The number of hydrogen-bond donors (Lipinski definition) is 1. The van der Waals surface area contributed by atoms with Crippen LogP contribution in [-0.2, 0) is 17.9 Å². The van der Waals surface area contributed by atoms with Crippen LogP contribution in [0.4, 0.5) is 0 Å². The number of para-hydroxylation sites is 2. The van der Waals surface area contributed by atoms with Crippen LogP contribution in [-0.4, -0.2) is 22.6 Å². The molecule has 136 valence electrons. The summed E-state index contributed by atoms with van der Waals surface area (Å²) in [6.45, 7) is 0.746. The molecule has 6 heteroatoms. The Kier molecular flexibility index (Phi) is 4.89. The highest BCUT2D eigenvalue weighted by Crippen LogP contribution is 2.27. The van der Waals surface area contributed by atoms with Crippen LogP contribution in [0.25, 0.3) is 22.4 Å². The van der Waals surface area contributed by atoms with Crippen molar-refractivity contribution in [1.82, 2.24) is 14.9 Å². The SMILES string of the molecule is COc1cccc(-c2nc3ccccc3n2CC(=O)NCc2cccs2)c1. The number of thiophene rings is 1. The normalized spacial score (nSPS) is 10.9. The van der Waals surface area contributed by atoms with E-state index in [1.165, 1.54) is 0 Å². The number of ether oxygens (including phenoxy) is 1. The Balaban J connectivity index is 1.66. The topological polar surface area (TPSA) is 56.2 Å². The lowest BCUT2D eigenvalue weighted by Crippen LogP contribution is -2.27. The van der Waals surface area contributed by atoms with Crippen LogP contribution >= 0.6 is 11.3 Å². The molecule has 0 unspecified atom stereocenters. The number of rotatable bonds is 6. The van der Waals surface area contributed by atoms with Crippen LogP contribution in [0.5, 0.6) is 5.75 Å². The van der Waals surface area contributed by atoms with Gasteiger partial charge in [0.15, 0.2) is 0 Å². The number of fused-ring (bicyclic) bond motifs is 1. The van der Waals surface area contributed by atoms with E-state index in [4.69, 9.17) is 9.72 Å². The second kappa shape index (κ2) is 7.63. The molecule has 0 fully saturated rings. The molecule has 0 aliphatic rings. The molecule has 27 heavy (non-hydrogen) atoms. The zero-order valence-electron chi connectivity index (χ0n) is 14.9. The Bertz CT molecular complexity index is 1070. The highest BCUT2D eigenvalue weighted by Gasteiger charge is 2.15. The minimum Gasteiger partial charge on any atom is -0.497 e. The lowest BCUT2D eigenvalue weighted by molar-refractivity contribution is -0.121. The molecule has 0 atom stereocenters. The molecule has 0 spiro atoms. The number of aromatic nitrogens is 2. The minimum atomic E-state index is -0.0456. The third-order valence-electron chi connectivity index (χ3n) is 4.32. The maximum absolute atomic E-state index is 12.6. The van der Waals surface area contributed by atoms with Crippen molar-refractivity contribution in [2.45, 2.75) is 13.1 Å². The first kappa shape index (κ1) is 17.3. The van der Waals surface area contributed by atoms with Gasteiger partial charge in [-0.15, -0.1) is 11.3 Å². The summed E-state index contributed by atoms with van der Waals surface area (Å²) in [5.41, 5.74) is 2.71. The average Bonchev–Trinajstić information content (AvgIpc) is 3.35. The number of benzene rings is 2. The van der Waals surface area contributed by atoms with E-state index < -0.39 is 0 Å². The molecule has 1 amide bonds. The Labute approximate surface area is 161 Å². The molecule has 2 heterocycles. The van der Waals surface area contributed by atoms with Crippen LogP contribution in [0.2, 0.25) is 0 Å². The zero-order valence-corrected chi connectivity index (χ0v) is 15.7. The first-order valence-corrected chi connectivity index (χ1v) is 9.51. The monoisotopic (exact) mass is 377 g/mol. The molecule has 0 bridgehead atoms. The van der Waals surface area contributed by atoms with Crippen molar-refractivity contribution >= 4 is 28.3 Å². The van der Waals surface area contributed by atoms with E-state index in [1.54, 1.807) is 18.4 Å². The molecule has 0 aliphatic carbocycles. The summed E-state index contributed by atoms with van der Waals surface area (Å²) in [5.74, 6) is 1.46.